The van der Waals surface area contributed by atoms with Crippen molar-refractivity contribution in [1.29, 1.82) is 0 Å². The van der Waals surface area contributed by atoms with Gasteiger partial charge in [0.25, 0.3) is 0 Å². The van der Waals surface area contributed by atoms with Gasteiger partial charge in [0.1, 0.15) is 0 Å². The van der Waals surface area contributed by atoms with Crippen LogP contribution in [0.4, 0.5) is 0 Å². The first-order valence-electron chi connectivity index (χ1n) is 7.84. The number of nitrogens with one attached hydrogen (secondary N) is 1. The third-order valence-electron chi connectivity index (χ3n) is 4.07. The van der Waals surface area contributed by atoms with Crippen molar-refractivity contribution in [2.45, 2.75) is 33.6 Å². The highest BCUT2D eigenvalue weighted by Crippen LogP contribution is 2.18. The standard InChI is InChI=1S/C18H28N2/c1-15-13-16(2)18(17(3)14-15)7-4-5-10-20-11-6-8-19-9-12-20/h4,7,13-14,19H,5-6,8-12H2,1-3H3/b7-4+. The van der Waals surface area contributed by atoms with E-state index in [1.54, 1.807) is 0 Å². The van der Waals surface area contributed by atoms with Crippen molar-refractivity contribution in [3.05, 3.63) is 40.5 Å². The number of aryl methyl sites for hydroxylation is 3. The van der Waals surface area contributed by atoms with Crippen molar-refractivity contribution in [1.82, 2.24) is 10.2 Å². The number of hydrogen-bond donors (Lipinski definition) is 1. The zero-order valence-electron chi connectivity index (χ0n) is 13.2. The Hall–Kier alpha value is -1.12. The lowest BCUT2D eigenvalue weighted by Gasteiger charge is -2.18. The maximum absolute atomic E-state index is 3.45. The Balaban J connectivity index is 1.87. The molecular formula is C18H28N2. The molecule has 1 fully saturated rings. The van der Waals surface area contributed by atoms with E-state index in [1.807, 2.05) is 0 Å². The average Bonchev–Trinajstić information content (AvgIpc) is 2.65. The predicted molar refractivity (Wildman–Crippen MR) is 88.2 cm³/mol. The summed E-state index contributed by atoms with van der Waals surface area (Å²) in [6.07, 6.45) is 7.07. The van der Waals surface area contributed by atoms with Crippen LogP contribution in [0.5, 0.6) is 0 Å². The normalized spacial score (nSPS) is 17.6. The summed E-state index contributed by atoms with van der Waals surface area (Å²) < 4.78 is 0. The minimum absolute atomic E-state index is 1.14. The quantitative estimate of drug-likeness (QED) is 0.904. The largest absolute Gasteiger partial charge is 0.315 e. The second-order valence-electron chi connectivity index (χ2n) is 5.95. The van der Waals surface area contributed by atoms with Crippen LogP contribution in [0, 0.1) is 20.8 Å². The second-order valence-corrected chi connectivity index (χ2v) is 5.95. The molecular weight excluding hydrogens is 244 g/mol. The average molecular weight is 272 g/mol. The van der Waals surface area contributed by atoms with Crippen LogP contribution in [0.3, 0.4) is 0 Å². The molecule has 1 heterocycles. The maximum Gasteiger partial charge on any atom is 0.0107 e. The van der Waals surface area contributed by atoms with Gasteiger partial charge in [-0.05, 0) is 63.4 Å². The van der Waals surface area contributed by atoms with Crippen molar-refractivity contribution in [2.75, 3.05) is 32.7 Å². The highest BCUT2D eigenvalue weighted by molar-refractivity contribution is 5.58. The lowest BCUT2D eigenvalue weighted by molar-refractivity contribution is 0.298. The van der Waals surface area contributed by atoms with Crippen LogP contribution in [0.15, 0.2) is 18.2 Å². The van der Waals surface area contributed by atoms with Crippen LogP contribution in [-0.4, -0.2) is 37.6 Å². The monoisotopic (exact) mass is 272 g/mol. The fourth-order valence-electron chi connectivity index (χ4n) is 3.04. The van der Waals surface area contributed by atoms with Crippen molar-refractivity contribution >= 4 is 6.08 Å². The Kier molecular flexibility index (Phi) is 5.81. The molecule has 0 saturated carbocycles. The molecule has 0 spiro atoms. The molecule has 2 nitrogen and oxygen atoms in total. The molecule has 0 amide bonds. The molecule has 0 radical (unpaired) electrons. The zero-order chi connectivity index (χ0) is 14.4. The minimum Gasteiger partial charge on any atom is -0.315 e. The first-order chi connectivity index (χ1) is 9.66. The molecule has 1 saturated heterocycles. The Morgan fingerprint density at radius 3 is 2.60 bits per heavy atom. The lowest BCUT2D eigenvalue weighted by Crippen LogP contribution is -2.28. The molecule has 0 atom stereocenters. The summed E-state index contributed by atoms with van der Waals surface area (Å²) in [5.41, 5.74) is 5.53. The maximum atomic E-state index is 3.45. The topological polar surface area (TPSA) is 15.3 Å². The number of nitrogens with zero attached hydrogens (tertiary/aromatic N) is 1. The zero-order valence-corrected chi connectivity index (χ0v) is 13.2. The van der Waals surface area contributed by atoms with Gasteiger partial charge in [-0.25, -0.2) is 0 Å². The van der Waals surface area contributed by atoms with Gasteiger partial charge in [-0.1, -0.05) is 29.8 Å². The molecule has 1 aromatic rings. The molecule has 0 aliphatic carbocycles. The van der Waals surface area contributed by atoms with Crippen LogP contribution in [0.2, 0.25) is 0 Å². The molecule has 2 heteroatoms. The molecule has 1 N–H and O–H groups in total. The number of hydrogen-bond acceptors (Lipinski definition) is 2. The molecule has 1 aliphatic heterocycles. The highest BCUT2D eigenvalue weighted by atomic mass is 15.1. The van der Waals surface area contributed by atoms with Crippen LogP contribution in [0.1, 0.15) is 35.1 Å². The summed E-state index contributed by atoms with van der Waals surface area (Å²) in [7, 11) is 0. The molecule has 20 heavy (non-hydrogen) atoms. The Morgan fingerprint density at radius 1 is 1.10 bits per heavy atom. The number of benzene rings is 1. The Morgan fingerprint density at radius 2 is 1.85 bits per heavy atom. The van der Waals surface area contributed by atoms with E-state index < -0.39 is 0 Å². The van der Waals surface area contributed by atoms with Crippen molar-refractivity contribution in [3.63, 3.8) is 0 Å². The van der Waals surface area contributed by atoms with Crippen LogP contribution >= 0.6 is 0 Å². The van der Waals surface area contributed by atoms with Crippen LogP contribution in [0.25, 0.3) is 6.08 Å². The molecule has 0 bridgehead atoms. The van der Waals surface area contributed by atoms with E-state index in [0.29, 0.717) is 0 Å². The molecule has 1 aromatic carbocycles. The first kappa shape index (κ1) is 15.3. The van der Waals surface area contributed by atoms with E-state index in [2.05, 4.69) is 55.3 Å². The van der Waals surface area contributed by atoms with Gasteiger partial charge in [-0.15, -0.1) is 0 Å². The lowest BCUT2D eigenvalue weighted by atomic mass is 9.99. The predicted octanol–water partition coefficient (Wildman–Crippen LogP) is 3.31. The third-order valence-corrected chi connectivity index (χ3v) is 4.07. The van der Waals surface area contributed by atoms with E-state index in [1.165, 1.54) is 54.9 Å². The summed E-state index contributed by atoms with van der Waals surface area (Å²) in [6.45, 7) is 12.5. The summed E-state index contributed by atoms with van der Waals surface area (Å²) in [6, 6.07) is 4.54. The van der Waals surface area contributed by atoms with Gasteiger partial charge < -0.3 is 10.2 Å². The Labute approximate surface area is 123 Å². The van der Waals surface area contributed by atoms with Gasteiger partial charge >= 0.3 is 0 Å². The van der Waals surface area contributed by atoms with E-state index in [-0.39, 0.29) is 0 Å². The van der Waals surface area contributed by atoms with Gasteiger partial charge in [-0.2, -0.15) is 0 Å². The minimum atomic E-state index is 1.14. The molecule has 2 rings (SSSR count). The van der Waals surface area contributed by atoms with Gasteiger partial charge in [0.15, 0.2) is 0 Å². The van der Waals surface area contributed by atoms with Gasteiger partial charge in [0.05, 0.1) is 0 Å². The van der Waals surface area contributed by atoms with Crippen LogP contribution < -0.4 is 5.32 Å². The fraction of sp³-hybridized carbons (Fsp3) is 0.556. The second kappa shape index (κ2) is 7.61. The van der Waals surface area contributed by atoms with E-state index >= 15 is 0 Å². The van der Waals surface area contributed by atoms with Gasteiger partial charge in [-0.3, -0.25) is 0 Å². The smallest absolute Gasteiger partial charge is 0.0107 e. The van der Waals surface area contributed by atoms with E-state index in [4.69, 9.17) is 0 Å². The van der Waals surface area contributed by atoms with Crippen LogP contribution in [-0.2, 0) is 0 Å². The summed E-state index contributed by atoms with van der Waals surface area (Å²) in [5, 5.41) is 3.45. The van der Waals surface area contributed by atoms with Gasteiger partial charge in [0.2, 0.25) is 0 Å². The Bertz CT molecular complexity index is 431. The fourth-order valence-corrected chi connectivity index (χ4v) is 3.04. The van der Waals surface area contributed by atoms with Crippen molar-refractivity contribution < 1.29 is 0 Å². The van der Waals surface area contributed by atoms with E-state index in [9.17, 15) is 0 Å². The third kappa shape index (κ3) is 4.46. The highest BCUT2D eigenvalue weighted by Gasteiger charge is 2.06. The number of rotatable bonds is 4. The molecule has 0 aromatic heterocycles. The molecule has 1 aliphatic rings. The summed E-state index contributed by atoms with van der Waals surface area (Å²) >= 11 is 0. The first-order valence-corrected chi connectivity index (χ1v) is 7.84. The SMILES string of the molecule is Cc1cc(C)c(/C=C/CCN2CCCNCC2)c(C)c1. The molecule has 110 valence electrons. The van der Waals surface area contributed by atoms with Crippen molar-refractivity contribution in [3.8, 4) is 0 Å². The van der Waals surface area contributed by atoms with Gasteiger partial charge in [0, 0.05) is 19.6 Å². The van der Waals surface area contributed by atoms with E-state index in [0.717, 1.165) is 13.0 Å². The summed E-state index contributed by atoms with van der Waals surface area (Å²) in [4.78, 5) is 2.57. The van der Waals surface area contributed by atoms with Crippen molar-refractivity contribution in [2.24, 2.45) is 0 Å². The summed E-state index contributed by atoms with van der Waals surface area (Å²) in [5.74, 6) is 0. The molecule has 0 unspecified atom stereocenters.